The maximum Gasteiger partial charge on any atom is 0.223 e. The van der Waals surface area contributed by atoms with Crippen molar-refractivity contribution >= 4 is 5.91 Å². The molecule has 2 atom stereocenters. The lowest BCUT2D eigenvalue weighted by Gasteiger charge is -2.45. The van der Waals surface area contributed by atoms with E-state index in [0.717, 1.165) is 63.4 Å². The molecule has 1 saturated carbocycles. The number of benzene rings is 2. The van der Waals surface area contributed by atoms with Crippen LogP contribution in [0.25, 0.3) is 0 Å². The van der Waals surface area contributed by atoms with Gasteiger partial charge in [0.05, 0.1) is 33.5 Å². The first-order valence-electron chi connectivity index (χ1n) is 13.1. The number of methoxy groups -OCH3 is 2. The molecule has 0 bridgehead atoms. The van der Waals surface area contributed by atoms with E-state index in [4.69, 9.17) is 18.9 Å². The van der Waals surface area contributed by atoms with Gasteiger partial charge in [-0.1, -0.05) is 42.8 Å². The summed E-state index contributed by atoms with van der Waals surface area (Å²) in [4.78, 5) is 17.7. The first-order chi connectivity index (χ1) is 17.6. The zero-order chi connectivity index (χ0) is 25.0. The lowest BCUT2D eigenvalue weighted by molar-refractivity contribution is -0.190. The monoisotopic (exact) mass is 494 g/mol. The summed E-state index contributed by atoms with van der Waals surface area (Å²) in [6.45, 7) is 4.27. The molecule has 2 saturated heterocycles. The molecule has 2 aromatic carbocycles. The maximum atomic E-state index is 13.4. The van der Waals surface area contributed by atoms with E-state index in [-0.39, 0.29) is 23.7 Å². The minimum Gasteiger partial charge on any atom is -0.493 e. The van der Waals surface area contributed by atoms with Crippen LogP contribution in [0.3, 0.4) is 0 Å². The number of rotatable bonds is 8. The Morgan fingerprint density at radius 1 is 0.944 bits per heavy atom. The SMILES string of the molecule is COc1ccc(C2(CC(=O)N3CCN(C4COC(Cc5ccccc5)CO4)CC3)CCC2)cc1OC. The smallest absolute Gasteiger partial charge is 0.223 e. The van der Waals surface area contributed by atoms with Gasteiger partial charge < -0.3 is 23.8 Å². The van der Waals surface area contributed by atoms with Crippen molar-refractivity contribution < 1.29 is 23.7 Å². The molecule has 7 heteroatoms. The molecular weight excluding hydrogens is 456 g/mol. The molecule has 3 aliphatic rings. The number of piperazine rings is 1. The minimum absolute atomic E-state index is 0.0287. The van der Waals surface area contributed by atoms with Crippen LogP contribution in [-0.2, 0) is 26.1 Å². The van der Waals surface area contributed by atoms with Crippen molar-refractivity contribution in [2.45, 2.75) is 49.9 Å². The summed E-state index contributed by atoms with van der Waals surface area (Å²) in [5.41, 5.74) is 2.35. The van der Waals surface area contributed by atoms with Crippen molar-refractivity contribution in [1.82, 2.24) is 9.80 Å². The van der Waals surface area contributed by atoms with Gasteiger partial charge in [-0.15, -0.1) is 0 Å². The minimum atomic E-state index is -0.0954. The third-order valence-electron chi connectivity index (χ3n) is 8.13. The molecule has 0 aromatic heterocycles. The van der Waals surface area contributed by atoms with Crippen molar-refractivity contribution in [2.24, 2.45) is 0 Å². The average Bonchev–Trinajstić information content (AvgIpc) is 2.91. The number of amides is 1. The Bertz CT molecular complexity index is 1010. The highest BCUT2D eigenvalue weighted by Crippen LogP contribution is 2.48. The number of hydrogen-bond donors (Lipinski definition) is 0. The Morgan fingerprint density at radius 2 is 1.69 bits per heavy atom. The summed E-state index contributed by atoms with van der Waals surface area (Å²) in [7, 11) is 3.30. The Labute approximate surface area is 214 Å². The second-order valence-corrected chi connectivity index (χ2v) is 10.2. The fourth-order valence-electron chi connectivity index (χ4n) is 5.74. The first kappa shape index (κ1) is 25.1. The van der Waals surface area contributed by atoms with Crippen LogP contribution in [0, 0.1) is 0 Å². The number of ether oxygens (including phenoxy) is 4. The largest absolute Gasteiger partial charge is 0.493 e. The molecule has 0 radical (unpaired) electrons. The van der Waals surface area contributed by atoms with Gasteiger partial charge in [0, 0.05) is 44.4 Å². The third kappa shape index (κ3) is 5.38. The summed E-state index contributed by atoms with van der Waals surface area (Å²) in [6, 6.07) is 16.5. The number of carbonyl (C=O) groups excluding carboxylic acids is 1. The highest BCUT2D eigenvalue weighted by Gasteiger charge is 2.42. The van der Waals surface area contributed by atoms with Crippen LogP contribution in [-0.4, -0.2) is 81.7 Å². The standard InChI is InChI=1S/C29H38N2O5/c1-33-25-10-9-23(18-26(25)34-2)29(11-6-12-29)19-27(32)30-13-15-31(16-14-30)28-21-35-24(20-36-28)17-22-7-4-3-5-8-22/h3-5,7-10,18,24,28H,6,11-17,19-21H2,1-2H3. The van der Waals surface area contributed by atoms with Gasteiger partial charge in [-0.3, -0.25) is 9.69 Å². The zero-order valence-electron chi connectivity index (χ0n) is 21.5. The van der Waals surface area contributed by atoms with Gasteiger partial charge in [-0.2, -0.15) is 0 Å². The van der Waals surface area contributed by atoms with Crippen LogP contribution in [0.4, 0.5) is 0 Å². The topological polar surface area (TPSA) is 60.5 Å². The molecule has 0 N–H and O–H groups in total. The molecule has 2 aromatic rings. The van der Waals surface area contributed by atoms with Gasteiger partial charge in [0.25, 0.3) is 0 Å². The number of carbonyl (C=O) groups is 1. The highest BCUT2D eigenvalue weighted by molar-refractivity contribution is 5.78. The van der Waals surface area contributed by atoms with Crippen LogP contribution in [0.15, 0.2) is 48.5 Å². The van der Waals surface area contributed by atoms with Gasteiger partial charge in [0.1, 0.15) is 6.23 Å². The van der Waals surface area contributed by atoms with E-state index in [1.54, 1.807) is 14.2 Å². The Hall–Kier alpha value is -2.61. The molecule has 194 valence electrons. The molecule has 2 heterocycles. The summed E-state index contributed by atoms with van der Waals surface area (Å²) in [5, 5.41) is 0. The van der Waals surface area contributed by atoms with E-state index in [1.807, 2.05) is 17.0 Å². The molecule has 7 nitrogen and oxygen atoms in total. The first-order valence-corrected chi connectivity index (χ1v) is 13.1. The maximum absolute atomic E-state index is 13.4. The Balaban J connectivity index is 1.11. The van der Waals surface area contributed by atoms with Gasteiger partial charge in [0.15, 0.2) is 11.5 Å². The molecular formula is C29H38N2O5. The van der Waals surface area contributed by atoms with Gasteiger partial charge in [0.2, 0.25) is 5.91 Å². The van der Waals surface area contributed by atoms with E-state index in [2.05, 4.69) is 41.3 Å². The molecule has 2 aliphatic heterocycles. The van der Waals surface area contributed by atoms with Crippen LogP contribution in [0.1, 0.15) is 36.8 Å². The normalized spacial score (nSPS) is 24.1. The lowest BCUT2D eigenvalue weighted by Crippen LogP contribution is -2.56. The quantitative estimate of drug-likeness (QED) is 0.559. The van der Waals surface area contributed by atoms with Crippen molar-refractivity contribution in [2.75, 3.05) is 53.6 Å². The fourth-order valence-corrected chi connectivity index (χ4v) is 5.74. The van der Waals surface area contributed by atoms with E-state index in [1.165, 1.54) is 11.1 Å². The summed E-state index contributed by atoms with van der Waals surface area (Å²) < 4.78 is 23.2. The Kier molecular flexibility index (Phi) is 7.79. The van der Waals surface area contributed by atoms with E-state index in [0.29, 0.717) is 19.6 Å². The molecule has 5 rings (SSSR count). The predicted octanol–water partition coefficient (Wildman–Crippen LogP) is 3.64. The fraction of sp³-hybridized carbons (Fsp3) is 0.552. The van der Waals surface area contributed by atoms with Crippen molar-refractivity contribution in [3.05, 3.63) is 59.7 Å². The lowest BCUT2D eigenvalue weighted by atomic mass is 9.62. The van der Waals surface area contributed by atoms with Crippen LogP contribution in [0.5, 0.6) is 11.5 Å². The Morgan fingerprint density at radius 3 is 2.31 bits per heavy atom. The molecule has 2 unspecified atom stereocenters. The van der Waals surface area contributed by atoms with E-state index < -0.39 is 0 Å². The summed E-state index contributed by atoms with van der Waals surface area (Å²) >= 11 is 0. The number of nitrogens with zero attached hydrogens (tertiary/aromatic N) is 2. The van der Waals surface area contributed by atoms with Crippen LogP contribution < -0.4 is 9.47 Å². The molecule has 0 spiro atoms. The second-order valence-electron chi connectivity index (χ2n) is 10.2. The molecule has 1 amide bonds. The average molecular weight is 495 g/mol. The van der Waals surface area contributed by atoms with Crippen molar-refractivity contribution in [3.8, 4) is 11.5 Å². The van der Waals surface area contributed by atoms with Crippen molar-refractivity contribution in [1.29, 1.82) is 0 Å². The zero-order valence-corrected chi connectivity index (χ0v) is 21.5. The second kappa shape index (κ2) is 11.2. The van der Waals surface area contributed by atoms with Crippen LogP contribution >= 0.6 is 0 Å². The molecule has 3 fully saturated rings. The van der Waals surface area contributed by atoms with Gasteiger partial charge in [-0.05, 0) is 36.1 Å². The van der Waals surface area contributed by atoms with Gasteiger partial charge in [-0.25, -0.2) is 0 Å². The summed E-state index contributed by atoms with van der Waals surface area (Å²) in [6.07, 6.45) is 4.71. The third-order valence-corrected chi connectivity index (χ3v) is 8.13. The molecule has 1 aliphatic carbocycles. The number of hydrogen-bond acceptors (Lipinski definition) is 6. The van der Waals surface area contributed by atoms with Crippen LogP contribution in [0.2, 0.25) is 0 Å². The molecule has 36 heavy (non-hydrogen) atoms. The van der Waals surface area contributed by atoms with E-state index >= 15 is 0 Å². The summed E-state index contributed by atoms with van der Waals surface area (Å²) in [5.74, 6) is 1.69. The predicted molar refractivity (Wildman–Crippen MR) is 137 cm³/mol. The van der Waals surface area contributed by atoms with Crippen molar-refractivity contribution in [3.63, 3.8) is 0 Å². The van der Waals surface area contributed by atoms with Gasteiger partial charge >= 0.3 is 0 Å². The van der Waals surface area contributed by atoms with E-state index in [9.17, 15) is 4.79 Å². The highest BCUT2D eigenvalue weighted by atomic mass is 16.6.